The van der Waals surface area contributed by atoms with Gasteiger partial charge in [0.15, 0.2) is 0 Å². The van der Waals surface area contributed by atoms with Crippen molar-refractivity contribution in [1.29, 1.82) is 0 Å². The van der Waals surface area contributed by atoms with Crippen molar-refractivity contribution in [2.75, 3.05) is 13.2 Å². The number of aliphatic hydroxyl groups is 2. The highest BCUT2D eigenvalue weighted by Crippen LogP contribution is 1.80. The summed E-state index contributed by atoms with van der Waals surface area (Å²) in [6.45, 7) is 6.11. The minimum Gasteiger partial charge on any atom is -0.396 e. The molecule has 0 aliphatic carbocycles. The Morgan fingerprint density at radius 3 is 1.50 bits per heavy atom. The maximum Gasteiger partial charge on any atom is 0.0431 e. The van der Waals surface area contributed by atoms with Gasteiger partial charge in [-0.25, -0.2) is 0 Å². The van der Waals surface area contributed by atoms with E-state index in [-0.39, 0.29) is 13.2 Å². The second-order valence-electron chi connectivity index (χ2n) is 2.01. The molecule has 0 aliphatic rings. The zero-order chi connectivity index (χ0) is 8.24. The first-order valence-electron chi connectivity index (χ1n) is 3.84. The lowest BCUT2D eigenvalue weighted by molar-refractivity contribution is 0.242. The van der Waals surface area contributed by atoms with E-state index < -0.39 is 0 Å². The van der Waals surface area contributed by atoms with Crippen LogP contribution in [0, 0.1) is 6.92 Å². The zero-order valence-corrected chi connectivity index (χ0v) is 6.84. The predicted octanol–water partition coefficient (Wildman–Crippen LogP) is 1.37. The molecule has 0 aromatic heterocycles. The van der Waals surface area contributed by atoms with Crippen molar-refractivity contribution in [2.24, 2.45) is 0 Å². The zero-order valence-electron chi connectivity index (χ0n) is 6.84. The van der Waals surface area contributed by atoms with Crippen molar-refractivity contribution in [2.45, 2.75) is 32.6 Å². The van der Waals surface area contributed by atoms with Gasteiger partial charge in [0.05, 0.1) is 0 Å². The Balaban J connectivity index is 0. The molecular weight excluding hydrogens is 128 g/mol. The Kier molecular flexibility index (Phi) is 20.1. The van der Waals surface area contributed by atoms with Gasteiger partial charge < -0.3 is 10.2 Å². The lowest BCUT2D eigenvalue weighted by Gasteiger charge is -1.85. The number of unbranched alkanes of at least 4 members (excludes halogenated alkanes) is 2. The molecule has 0 atom stereocenters. The van der Waals surface area contributed by atoms with Crippen LogP contribution in [0.4, 0.5) is 0 Å². The highest BCUT2D eigenvalue weighted by molar-refractivity contribution is 4.30. The first-order valence-corrected chi connectivity index (χ1v) is 3.84. The summed E-state index contributed by atoms with van der Waals surface area (Å²) in [6.07, 6.45) is 3.72. The van der Waals surface area contributed by atoms with E-state index in [1.807, 2.05) is 0 Å². The molecule has 0 amide bonds. The molecule has 63 valence electrons. The van der Waals surface area contributed by atoms with Crippen LogP contribution in [0.3, 0.4) is 0 Å². The van der Waals surface area contributed by atoms with Crippen LogP contribution in [-0.2, 0) is 0 Å². The Bertz CT molecular complexity index is 32.2. The van der Waals surface area contributed by atoms with Crippen molar-refractivity contribution in [3.05, 3.63) is 6.92 Å². The van der Waals surface area contributed by atoms with Gasteiger partial charge in [-0.05, 0) is 12.8 Å². The molecule has 0 aromatic rings. The number of aliphatic hydroxyl groups excluding tert-OH is 2. The molecule has 0 saturated heterocycles. The predicted molar refractivity (Wildman–Crippen MR) is 43.7 cm³/mol. The van der Waals surface area contributed by atoms with Gasteiger partial charge >= 0.3 is 0 Å². The summed E-state index contributed by atoms with van der Waals surface area (Å²) in [5.74, 6) is 0. The average molecular weight is 147 g/mol. The Morgan fingerprint density at radius 2 is 1.40 bits per heavy atom. The van der Waals surface area contributed by atoms with E-state index >= 15 is 0 Å². The summed E-state index contributed by atoms with van der Waals surface area (Å²) in [7, 11) is 0. The van der Waals surface area contributed by atoms with E-state index in [9.17, 15) is 0 Å². The monoisotopic (exact) mass is 147 g/mol. The van der Waals surface area contributed by atoms with Crippen LogP contribution >= 0.6 is 0 Å². The lowest BCUT2D eigenvalue weighted by Crippen LogP contribution is -1.85. The van der Waals surface area contributed by atoms with E-state index in [1.54, 1.807) is 0 Å². The van der Waals surface area contributed by atoms with Gasteiger partial charge in [-0.15, -0.1) is 0 Å². The molecule has 0 unspecified atom stereocenters. The molecule has 0 spiro atoms. The van der Waals surface area contributed by atoms with Gasteiger partial charge in [0.25, 0.3) is 0 Å². The topological polar surface area (TPSA) is 40.5 Å². The molecule has 2 N–H and O–H groups in total. The van der Waals surface area contributed by atoms with Gasteiger partial charge in [0.2, 0.25) is 0 Å². The van der Waals surface area contributed by atoms with Gasteiger partial charge in [0, 0.05) is 13.2 Å². The molecule has 0 saturated carbocycles. The summed E-state index contributed by atoms with van der Waals surface area (Å²) in [5, 5.41) is 16.2. The van der Waals surface area contributed by atoms with Crippen molar-refractivity contribution in [1.82, 2.24) is 0 Å². The highest BCUT2D eigenvalue weighted by atomic mass is 16.3. The molecule has 0 rings (SSSR count). The Labute approximate surface area is 63.9 Å². The maximum absolute atomic E-state index is 8.09. The fourth-order valence-electron chi connectivity index (χ4n) is 0.224. The van der Waals surface area contributed by atoms with Crippen molar-refractivity contribution in [3.63, 3.8) is 0 Å². The van der Waals surface area contributed by atoms with Gasteiger partial charge in [-0.3, -0.25) is 0 Å². The third-order valence-corrected chi connectivity index (χ3v) is 0.920. The quantitative estimate of drug-likeness (QED) is 0.590. The van der Waals surface area contributed by atoms with Crippen LogP contribution in [0.5, 0.6) is 0 Å². The summed E-state index contributed by atoms with van der Waals surface area (Å²) >= 11 is 0. The summed E-state index contributed by atoms with van der Waals surface area (Å²) in [5.41, 5.74) is 0. The number of hydrogen-bond donors (Lipinski definition) is 2. The number of rotatable bonds is 4. The first-order chi connectivity index (χ1) is 4.83. The molecular formula is C8H19O2. The second kappa shape index (κ2) is 16.0. The van der Waals surface area contributed by atoms with Gasteiger partial charge in [-0.2, -0.15) is 0 Å². The smallest absolute Gasteiger partial charge is 0.0431 e. The lowest BCUT2D eigenvalue weighted by atomic mass is 10.3. The first kappa shape index (κ1) is 12.6. The van der Waals surface area contributed by atoms with Crippen molar-refractivity contribution in [3.8, 4) is 0 Å². The fraction of sp³-hybridized carbons (Fsp3) is 0.875. The van der Waals surface area contributed by atoms with Crippen LogP contribution in [0.25, 0.3) is 0 Å². The number of hydrogen-bond acceptors (Lipinski definition) is 2. The van der Waals surface area contributed by atoms with E-state index in [1.165, 1.54) is 6.42 Å². The minimum absolute atomic E-state index is 0.195. The molecule has 0 heterocycles. The fourth-order valence-corrected chi connectivity index (χ4v) is 0.224. The SMILES string of the molecule is OCCCCO.[CH2]CCC. The minimum atomic E-state index is 0.195. The van der Waals surface area contributed by atoms with E-state index in [0.29, 0.717) is 0 Å². The summed E-state index contributed by atoms with van der Waals surface area (Å²) in [4.78, 5) is 0. The second-order valence-corrected chi connectivity index (χ2v) is 2.01. The average Bonchev–Trinajstić information content (AvgIpc) is 2.01. The molecule has 0 aliphatic heterocycles. The standard InChI is InChI=1S/C4H10O2.C4H9/c5-3-1-2-4-6;1-3-4-2/h5-6H,1-4H2;1,3-4H2,2H3. The molecule has 1 radical (unpaired) electrons. The highest BCUT2D eigenvalue weighted by Gasteiger charge is 1.77. The summed E-state index contributed by atoms with van der Waals surface area (Å²) < 4.78 is 0. The van der Waals surface area contributed by atoms with E-state index in [4.69, 9.17) is 10.2 Å². The van der Waals surface area contributed by atoms with E-state index in [0.717, 1.165) is 19.3 Å². The van der Waals surface area contributed by atoms with Gasteiger partial charge in [-0.1, -0.05) is 26.7 Å². The van der Waals surface area contributed by atoms with Crippen LogP contribution in [0.15, 0.2) is 0 Å². The molecule has 10 heavy (non-hydrogen) atoms. The molecule has 0 fully saturated rings. The molecule has 2 nitrogen and oxygen atoms in total. The Hall–Kier alpha value is -0.0800. The normalized spacial score (nSPS) is 8.40. The Morgan fingerprint density at radius 1 is 1.10 bits per heavy atom. The molecule has 0 bridgehead atoms. The third-order valence-electron chi connectivity index (χ3n) is 0.920. The van der Waals surface area contributed by atoms with Crippen LogP contribution in [0.2, 0.25) is 0 Å². The maximum atomic E-state index is 8.09. The third kappa shape index (κ3) is 24.7. The van der Waals surface area contributed by atoms with Crippen LogP contribution < -0.4 is 0 Å². The summed E-state index contributed by atoms with van der Waals surface area (Å²) in [6, 6.07) is 0. The molecule has 0 aromatic carbocycles. The van der Waals surface area contributed by atoms with E-state index in [2.05, 4.69) is 13.8 Å². The molecule has 2 heteroatoms. The van der Waals surface area contributed by atoms with Gasteiger partial charge in [0.1, 0.15) is 0 Å². The largest absolute Gasteiger partial charge is 0.396 e. The van der Waals surface area contributed by atoms with Crippen molar-refractivity contribution < 1.29 is 10.2 Å². The van der Waals surface area contributed by atoms with Crippen molar-refractivity contribution >= 4 is 0 Å². The van der Waals surface area contributed by atoms with Crippen LogP contribution in [-0.4, -0.2) is 23.4 Å². The van der Waals surface area contributed by atoms with Crippen LogP contribution in [0.1, 0.15) is 32.6 Å².